The summed E-state index contributed by atoms with van der Waals surface area (Å²) in [5.41, 5.74) is 19.3. The summed E-state index contributed by atoms with van der Waals surface area (Å²) in [5, 5.41) is 0.194. The number of pyridine rings is 2. The van der Waals surface area contributed by atoms with E-state index in [0.29, 0.717) is 0 Å². The van der Waals surface area contributed by atoms with Gasteiger partial charge >= 0.3 is 66.0 Å². The van der Waals surface area contributed by atoms with Crippen LogP contribution in [0.3, 0.4) is 0 Å². The Morgan fingerprint density at radius 3 is 0.563 bits per heavy atom. The van der Waals surface area contributed by atoms with Crippen LogP contribution in [-0.4, -0.2) is 5.34 Å². The zero-order valence-corrected chi connectivity index (χ0v) is 50.0. The number of benzene rings is 8. The molecule has 0 unspecified atom stereocenters. The van der Waals surface area contributed by atoms with Gasteiger partial charge in [-0.1, -0.05) is 255 Å². The van der Waals surface area contributed by atoms with Gasteiger partial charge in [-0.15, -0.1) is 23.2 Å². The van der Waals surface area contributed by atoms with Crippen molar-refractivity contribution >= 4 is 85.4 Å². The van der Waals surface area contributed by atoms with Gasteiger partial charge in [0, 0.05) is 24.3 Å². The van der Waals surface area contributed by atoms with E-state index in [1.54, 1.807) is 0 Å². The first-order valence-electron chi connectivity index (χ1n) is 26.4. The minimum atomic E-state index is -10.7. The topological polar surface area (TPSA) is 7.76 Å². The maximum absolute atomic E-state index is 10.7. The van der Waals surface area contributed by atoms with Crippen LogP contribution in [0.2, 0.25) is 0 Å². The molecule has 0 aliphatic heterocycles. The quantitative estimate of drug-likeness (QED) is 0.0379. The van der Waals surface area contributed by atoms with Crippen LogP contribution in [0.1, 0.15) is 66.8 Å². The van der Waals surface area contributed by atoms with Crippen molar-refractivity contribution in [3.63, 3.8) is 0 Å². The molecule has 452 valence electrons. The number of nitrogens with zero attached hydrogens (tertiary/aromatic N) is 2. The van der Waals surface area contributed by atoms with Gasteiger partial charge in [0.1, 0.15) is 14.1 Å². The fourth-order valence-electron chi connectivity index (χ4n) is 8.60. The Hall–Kier alpha value is -8.38. The molecule has 2 nitrogen and oxygen atoms in total. The molecular weight excluding hydrogens is 1220 g/mol. The van der Waals surface area contributed by atoms with E-state index in [9.17, 15) is 50.4 Å². The molecule has 87 heavy (non-hydrogen) atoms. The molecule has 18 heteroatoms. The number of hydrogen-bond donors (Lipinski definition) is 0. The summed E-state index contributed by atoms with van der Waals surface area (Å²) in [6.07, 6.45) is 16.9. The third kappa shape index (κ3) is 26.4. The van der Waals surface area contributed by atoms with Gasteiger partial charge in [0.15, 0.2) is 24.8 Å². The maximum atomic E-state index is 9.87. The first kappa shape index (κ1) is 67.7. The molecule has 0 atom stereocenters. The van der Waals surface area contributed by atoms with Crippen molar-refractivity contribution in [3.8, 4) is 0 Å². The minimum absolute atomic E-state index is 0.194. The van der Waals surface area contributed by atoms with Gasteiger partial charge in [0.25, 0.3) is 0 Å². The van der Waals surface area contributed by atoms with Gasteiger partial charge in [0.05, 0.1) is 5.34 Å². The normalized spacial score (nSPS) is 12.7. The standard InChI is InChI=1S/2C34H28N.CH2Cl2.2F6P/c2*1-35-25-23-28(24-26-35)18-17-27-19-21-32(22-20-27)34(31-15-9-4-10-16-31)33(29-11-5-2-6-12-29)30-13-7-3-8-14-30;2-1-3;2*1-7(2,3,4,5)6/h2*2-26H,1H3;1H2;;/q2*+1;;2*-1/b2*18-17+;;;. The van der Waals surface area contributed by atoms with E-state index >= 15 is 0 Å². The zero-order chi connectivity index (χ0) is 63.3. The van der Waals surface area contributed by atoms with Crippen molar-refractivity contribution in [1.82, 2.24) is 0 Å². The summed E-state index contributed by atoms with van der Waals surface area (Å²) >= 11 is 9.53. The van der Waals surface area contributed by atoms with Crippen molar-refractivity contribution in [2.75, 3.05) is 5.34 Å². The molecule has 2 heterocycles. The van der Waals surface area contributed by atoms with Crippen LogP contribution in [0.4, 0.5) is 50.4 Å². The Morgan fingerprint density at radius 2 is 0.402 bits per heavy atom. The molecule has 0 fully saturated rings. The Bertz CT molecular complexity index is 3520. The second-order valence-electron chi connectivity index (χ2n) is 19.2. The molecule has 2 aromatic heterocycles. The molecule has 0 radical (unpaired) electrons. The second-order valence-corrected chi connectivity index (χ2v) is 23.9. The molecule has 0 bridgehead atoms. The molecule has 0 aliphatic rings. The van der Waals surface area contributed by atoms with Crippen LogP contribution >= 0.6 is 38.8 Å². The molecule has 0 saturated carbocycles. The van der Waals surface area contributed by atoms with Crippen molar-refractivity contribution in [1.29, 1.82) is 0 Å². The first-order chi connectivity index (χ1) is 40.9. The summed E-state index contributed by atoms with van der Waals surface area (Å²) in [6, 6.07) is 90.3. The van der Waals surface area contributed by atoms with Gasteiger partial charge in [-0.25, -0.2) is 9.13 Å². The van der Waals surface area contributed by atoms with Crippen molar-refractivity contribution in [3.05, 3.63) is 346 Å². The van der Waals surface area contributed by atoms with Gasteiger partial charge in [-0.05, 0) is 89.1 Å². The molecule has 0 spiro atoms. The number of rotatable bonds is 12. The van der Waals surface area contributed by atoms with E-state index in [2.05, 4.69) is 304 Å². The van der Waals surface area contributed by atoms with Crippen molar-refractivity contribution in [2.24, 2.45) is 14.1 Å². The van der Waals surface area contributed by atoms with Crippen LogP contribution in [0.15, 0.2) is 280 Å². The summed E-state index contributed by atoms with van der Waals surface area (Å²) in [4.78, 5) is 0. The van der Waals surface area contributed by atoms with E-state index in [4.69, 9.17) is 23.2 Å². The predicted molar refractivity (Wildman–Crippen MR) is 338 cm³/mol. The third-order valence-electron chi connectivity index (χ3n) is 12.2. The Morgan fingerprint density at radius 1 is 0.264 bits per heavy atom. The van der Waals surface area contributed by atoms with Crippen LogP contribution in [0.25, 0.3) is 46.6 Å². The summed E-state index contributed by atoms with van der Waals surface area (Å²) in [6.45, 7) is 0. The SMILES string of the molecule is C[n+]1ccc(/C=C/c2ccc(C(=C(c3ccccc3)c3ccccc3)c3ccccc3)cc2)cc1.C[n+]1ccc(/C=C/c2ccc(C(=C(c3ccccc3)c3ccccc3)c3ccccc3)cc2)cc1.ClCCl.F[P-](F)(F)(F)(F)F.F[P-](F)(F)(F)(F)F. The molecular formula is C69H58Cl2F12N2P2. The van der Waals surface area contributed by atoms with Crippen LogP contribution in [-0.2, 0) is 14.1 Å². The molecule has 10 aromatic rings. The second kappa shape index (κ2) is 28.4. The average molecular weight is 1280 g/mol. The molecule has 8 aromatic carbocycles. The fraction of sp³-hybridized carbons (Fsp3) is 0.0435. The summed E-state index contributed by atoms with van der Waals surface area (Å²) < 4.78 is 122. The van der Waals surface area contributed by atoms with Crippen LogP contribution in [0.5, 0.6) is 0 Å². The van der Waals surface area contributed by atoms with E-state index in [1.165, 1.54) is 89.1 Å². The molecule has 10 rings (SSSR count). The molecule has 0 N–H and O–H groups in total. The van der Waals surface area contributed by atoms with E-state index < -0.39 is 15.6 Å². The fourth-order valence-corrected chi connectivity index (χ4v) is 8.60. The number of hydrogen-bond acceptors (Lipinski definition) is 0. The van der Waals surface area contributed by atoms with E-state index in [-0.39, 0.29) is 5.34 Å². The number of halogens is 14. The van der Waals surface area contributed by atoms with Gasteiger partial charge in [-0.2, -0.15) is 0 Å². The van der Waals surface area contributed by atoms with Gasteiger partial charge in [0.2, 0.25) is 0 Å². The van der Waals surface area contributed by atoms with E-state index in [1.807, 2.05) is 23.2 Å². The zero-order valence-electron chi connectivity index (χ0n) is 46.7. The Balaban J connectivity index is 0.000000220. The van der Waals surface area contributed by atoms with Crippen molar-refractivity contribution < 1.29 is 59.5 Å². The van der Waals surface area contributed by atoms with E-state index in [0.717, 1.165) is 0 Å². The van der Waals surface area contributed by atoms with Crippen LogP contribution < -0.4 is 9.13 Å². The molecule has 0 aliphatic carbocycles. The number of alkyl halides is 2. The molecule has 0 saturated heterocycles. The first-order valence-corrected chi connectivity index (χ1v) is 31.5. The summed E-state index contributed by atoms with van der Waals surface area (Å²) in [5.74, 6) is 0. The number of aromatic nitrogens is 2. The average Bonchev–Trinajstić information content (AvgIpc) is 1.50. The predicted octanol–water partition coefficient (Wildman–Crippen LogP) is 23.6. The monoisotopic (exact) mass is 1270 g/mol. The van der Waals surface area contributed by atoms with Crippen LogP contribution in [0, 0.1) is 0 Å². The number of aryl methyl sites for hydroxylation is 2. The molecule has 0 amide bonds. The van der Waals surface area contributed by atoms with Gasteiger partial charge < -0.3 is 0 Å². The Labute approximate surface area is 508 Å². The third-order valence-corrected chi connectivity index (χ3v) is 12.2. The Kier molecular flexibility index (Phi) is 22.1. The van der Waals surface area contributed by atoms with Gasteiger partial charge in [-0.3, -0.25) is 0 Å². The summed E-state index contributed by atoms with van der Waals surface area (Å²) in [7, 11) is -17.3. The van der Waals surface area contributed by atoms with Crippen molar-refractivity contribution in [2.45, 2.75) is 0 Å².